The number of hydrogen-bond acceptors (Lipinski definition) is 15. The number of fused-ring (bicyclic) bond motifs is 2. The lowest BCUT2D eigenvalue weighted by Gasteiger charge is -2.32. The van der Waals surface area contributed by atoms with Gasteiger partial charge in [-0.05, 0) is 37.0 Å². The zero-order valence-electron chi connectivity index (χ0n) is 40.7. The van der Waals surface area contributed by atoms with E-state index in [0.29, 0.717) is 18.4 Å². The van der Waals surface area contributed by atoms with Crippen LogP contribution in [0.1, 0.15) is 117 Å². The van der Waals surface area contributed by atoms with Crippen LogP contribution in [0.5, 0.6) is 5.75 Å². The number of rotatable bonds is 18. The number of phenolic OH excluding ortho intramolecular Hbond substituents is 1. The number of aromatic hydroxyl groups is 1. The molecule has 22 heteroatoms. The first kappa shape index (κ1) is 57.6. The second-order valence-corrected chi connectivity index (χ2v) is 19.5. The predicted molar refractivity (Wildman–Crippen MR) is 252 cm³/mol. The molecule has 1 aromatic carbocycles. The first-order valence-electron chi connectivity index (χ1n) is 24.8. The van der Waals surface area contributed by atoms with E-state index in [1.54, 1.807) is 0 Å². The van der Waals surface area contributed by atoms with Crippen molar-refractivity contribution in [3.05, 3.63) is 29.8 Å². The topological polar surface area (TPSA) is 348 Å². The first-order valence-corrected chi connectivity index (χ1v) is 24.8. The normalized spacial score (nSPS) is 30.0. The quantitative estimate of drug-likeness (QED) is 0.0703. The van der Waals surface area contributed by atoms with E-state index in [0.717, 1.165) is 54.7 Å². The molecule has 0 bridgehead atoms. The molecule has 0 radical (unpaired) electrons. The molecule has 394 valence electrons. The molecule has 3 heterocycles. The van der Waals surface area contributed by atoms with E-state index in [-0.39, 0.29) is 25.1 Å². The summed E-state index contributed by atoms with van der Waals surface area (Å²) < 4.78 is 0. The number of aliphatic hydroxyl groups excluding tert-OH is 7. The van der Waals surface area contributed by atoms with Gasteiger partial charge in [-0.1, -0.05) is 90.7 Å². The third-order valence-electron chi connectivity index (χ3n) is 13.7. The Morgan fingerprint density at radius 2 is 1.36 bits per heavy atom. The number of nitrogens with zero attached hydrogens (tertiary/aromatic N) is 2. The largest absolute Gasteiger partial charge is 0.508 e. The van der Waals surface area contributed by atoms with Crippen LogP contribution in [0.4, 0.5) is 0 Å². The van der Waals surface area contributed by atoms with Crippen LogP contribution >= 0.6 is 0 Å². The number of amides is 7. The monoisotopic (exact) mass is 992 g/mol. The van der Waals surface area contributed by atoms with E-state index in [9.17, 15) is 74.4 Å². The maximum Gasteiger partial charge on any atom is 0.248 e. The van der Waals surface area contributed by atoms with Crippen molar-refractivity contribution in [1.29, 1.82) is 0 Å². The van der Waals surface area contributed by atoms with Gasteiger partial charge in [0.1, 0.15) is 48.1 Å². The molecule has 3 aliphatic rings. The maximum absolute atomic E-state index is 14.3. The zero-order valence-corrected chi connectivity index (χ0v) is 40.7. The fraction of sp³-hybridized carbons (Fsp3) is 0.729. The summed E-state index contributed by atoms with van der Waals surface area (Å²) in [7, 11) is 0. The molecule has 2 unspecified atom stereocenters. The van der Waals surface area contributed by atoms with Crippen molar-refractivity contribution in [3.8, 4) is 5.75 Å². The number of carbonyl (C=O) groups is 7. The maximum atomic E-state index is 14.3. The Bertz CT molecular complexity index is 1910. The summed E-state index contributed by atoms with van der Waals surface area (Å²) in [6, 6.07) is -5.18. The first-order chi connectivity index (χ1) is 33.2. The number of benzene rings is 1. The Labute approximate surface area is 408 Å². The zero-order chi connectivity index (χ0) is 51.8. The fourth-order valence-corrected chi connectivity index (χ4v) is 9.14. The molecule has 0 aromatic heterocycles. The van der Waals surface area contributed by atoms with E-state index in [2.05, 4.69) is 40.4 Å². The molecule has 3 saturated heterocycles. The van der Waals surface area contributed by atoms with Gasteiger partial charge < -0.3 is 77.2 Å². The van der Waals surface area contributed by atoms with E-state index in [4.69, 9.17) is 0 Å². The molecule has 3 aliphatic heterocycles. The molecule has 22 nitrogen and oxygen atoms in total. The van der Waals surface area contributed by atoms with Crippen LogP contribution in [0.3, 0.4) is 0 Å². The molecule has 1 aromatic rings. The third-order valence-corrected chi connectivity index (χ3v) is 13.7. The Morgan fingerprint density at radius 1 is 0.743 bits per heavy atom. The standard InChI is InChI=1S/C48H77N7O15/c1-5-26(2)14-12-10-8-6-7-9-11-13-15-37(62)49-32-22-36(61)44(66)53-46(68)40-41(63)27(3)23-55(40)47(69)33(25-56)50-45(67)39(35(60)20-29-16-18-30(58)19-17-29)52-43(65)34-21-31(59)24-54(34)48(70)38(28(4)57)51-42(32)64/h16-19,26-28,31-36,38-41,44,56-61,63,66H,5-15,20-25H2,1-4H3,(H,49,62)(H,50,67)(H,51,64)(H,52,65)(H,53,68)/t26?,27-,28+,31+,32+,33-,34-,35-,36+,38-,39-,40-,41-,44?/m0/s1. The minimum Gasteiger partial charge on any atom is -0.508 e. The van der Waals surface area contributed by atoms with Crippen molar-refractivity contribution in [2.45, 2.75) is 191 Å². The van der Waals surface area contributed by atoms with E-state index >= 15 is 0 Å². The molecule has 7 amide bonds. The van der Waals surface area contributed by atoms with Crippen LogP contribution in [-0.4, -0.2) is 185 Å². The van der Waals surface area contributed by atoms with Gasteiger partial charge in [-0.2, -0.15) is 0 Å². The van der Waals surface area contributed by atoms with E-state index < -0.39 is 146 Å². The van der Waals surface area contributed by atoms with Crippen molar-refractivity contribution in [3.63, 3.8) is 0 Å². The van der Waals surface area contributed by atoms with Crippen molar-refractivity contribution >= 4 is 41.4 Å². The lowest BCUT2D eigenvalue weighted by molar-refractivity contribution is -0.147. The SMILES string of the molecule is CCC(C)CCCCCCCCCCC(=O)N[C@@H]1C[C@@H](O)C(O)NC(=O)[C@@H]2[C@@H](O)[C@@H](C)CN2C(=O)[C@H](CO)NC(=O)[C@H]([C@@H](O)Cc2ccc(O)cc2)NC(=O)[C@@H]2C[C@@H](O)CN2C(=O)[C@H]([C@@H](C)O)NC1=O. The summed E-state index contributed by atoms with van der Waals surface area (Å²) in [6.45, 7) is 5.23. The third kappa shape index (κ3) is 16.3. The van der Waals surface area contributed by atoms with Gasteiger partial charge in [0.25, 0.3) is 0 Å². The average molecular weight is 992 g/mol. The molecular formula is C48H77N7O15. The number of phenols is 1. The number of unbranched alkanes of at least 4 members (excludes halogenated alkanes) is 7. The van der Waals surface area contributed by atoms with Gasteiger partial charge >= 0.3 is 0 Å². The highest BCUT2D eigenvalue weighted by atomic mass is 16.3. The summed E-state index contributed by atoms with van der Waals surface area (Å²) in [5.74, 6) is -7.57. The van der Waals surface area contributed by atoms with Crippen LogP contribution in [-0.2, 0) is 40.0 Å². The van der Waals surface area contributed by atoms with Crippen molar-refractivity contribution in [1.82, 2.24) is 36.4 Å². The summed E-state index contributed by atoms with van der Waals surface area (Å²) in [5, 5.41) is 98.5. The van der Waals surface area contributed by atoms with Gasteiger partial charge in [0, 0.05) is 44.7 Å². The highest BCUT2D eigenvalue weighted by molar-refractivity contribution is 5.98. The second kappa shape index (κ2) is 27.6. The fourth-order valence-electron chi connectivity index (χ4n) is 9.14. The van der Waals surface area contributed by atoms with E-state index in [1.165, 1.54) is 50.5 Å². The van der Waals surface area contributed by atoms with Crippen LogP contribution in [0.2, 0.25) is 0 Å². The van der Waals surface area contributed by atoms with Gasteiger partial charge in [-0.3, -0.25) is 33.6 Å². The lowest BCUT2D eigenvalue weighted by atomic mass is 9.99. The minimum absolute atomic E-state index is 0.0340. The van der Waals surface area contributed by atoms with Crippen LogP contribution in [0.25, 0.3) is 0 Å². The Morgan fingerprint density at radius 3 is 1.97 bits per heavy atom. The number of nitrogens with one attached hydrogen (secondary N) is 5. The molecule has 14 atom stereocenters. The lowest BCUT2D eigenvalue weighted by Crippen LogP contribution is -2.63. The van der Waals surface area contributed by atoms with Gasteiger partial charge in [-0.25, -0.2) is 0 Å². The molecular weight excluding hydrogens is 915 g/mol. The number of hydrogen-bond donors (Lipinski definition) is 13. The Balaban J connectivity index is 1.63. The van der Waals surface area contributed by atoms with E-state index in [1.807, 2.05) is 0 Å². The number of carbonyl (C=O) groups excluding carboxylic acids is 7. The summed E-state index contributed by atoms with van der Waals surface area (Å²) in [4.78, 5) is 99.4. The molecule has 3 fully saturated rings. The Hall–Kier alpha value is -4.97. The predicted octanol–water partition coefficient (Wildman–Crippen LogP) is -2.08. The van der Waals surface area contributed by atoms with Gasteiger partial charge in [0.15, 0.2) is 6.23 Å². The van der Waals surface area contributed by atoms with Gasteiger partial charge in [0.2, 0.25) is 41.4 Å². The molecule has 13 N–H and O–H groups in total. The van der Waals surface area contributed by atoms with Gasteiger partial charge in [0.05, 0.1) is 31.0 Å². The van der Waals surface area contributed by atoms with Crippen molar-refractivity contribution < 1.29 is 74.4 Å². The molecule has 0 spiro atoms. The molecule has 4 rings (SSSR count). The smallest absolute Gasteiger partial charge is 0.248 e. The Kier molecular flexibility index (Phi) is 22.7. The van der Waals surface area contributed by atoms with Crippen LogP contribution < -0.4 is 26.6 Å². The summed E-state index contributed by atoms with van der Waals surface area (Å²) in [6.07, 6.45) is -2.14. The average Bonchev–Trinajstić information content (AvgIpc) is 3.86. The highest BCUT2D eigenvalue weighted by Gasteiger charge is 2.49. The summed E-state index contributed by atoms with van der Waals surface area (Å²) in [5.41, 5.74) is 0.382. The molecule has 0 aliphatic carbocycles. The molecule has 70 heavy (non-hydrogen) atoms. The van der Waals surface area contributed by atoms with Crippen molar-refractivity contribution in [2.75, 3.05) is 19.7 Å². The minimum atomic E-state index is -2.19. The number of aliphatic hydroxyl groups is 7. The summed E-state index contributed by atoms with van der Waals surface area (Å²) >= 11 is 0. The highest BCUT2D eigenvalue weighted by Crippen LogP contribution is 2.26. The second-order valence-electron chi connectivity index (χ2n) is 19.5. The van der Waals surface area contributed by atoms with Crippen molar-refractivity contribution in [2.24, 2.45) is 11.8 Å². The molecule has 0 saturated carbocycles. The van der Waals surface area contributed by atoms with Gasteiger partial charge in [-0.15, -0.1) is 0 Å². The van der Waals surface area contributed by atoms with Crippen LogP contribution in [0.15, 0.2) is 24.3 Å². The van der Waals surface area contributed by atoms with Crippen LogP contribution in [0, 0.1) is 11.8 Å².